The van der Waals surface area contributed by atoms with Gasteiger partial charge in [-0.1, -0.05) is 19.0 Å². The van der Waals surface area contributed by atoms with Crippen LogP contribution < -0.4 is 15.6 Å². The molecule has 0 saturated heterocycles. The van der Waals surface area contributed by atoms with Crippen LogP contribution in [0.25, 0.3) is 0 Å². The van der Waals surface area contributed by atoms with Crippen LogP contribution in [0.2, 0.25) is 0 Å². The Balaban J connectivity index is 2.21. The summed E-state index contributed by atoms with van der Waals surface area (Å²) in [6.07, 6.45) is 1.29. The number of aromatic amines is 1. The third-order valence-electron chi connectivity index (χ3n) is 2.69. The Labute approximate surface area is 114 Å². The Morgan fingerprint density at radius 2 is 2.20 bits per heavy atom. The molecular weight excluding hydrogens is 262 g/mol. The molecule has 2 heterocycles. The molecule has 0 fully saturated rings. The van der Waals surface area contributed by atoms with E-state index >= 15 is 0 Å². The number of rotatable bonds is 4. The van der Waals surface area contributed by atoms with Crippen LogP contribution in [0.15, 0.2) is 27.6 Å². The second kappa shape index (κ2) is 5.60. The summed E-state index contributed by atoms with van der Waals surface area (Å²) in [6, 6.07) is 2.86. The van der Waals surface area contributed by atoms with Gasteiger partial charge in [0.15, 0.2) is 5.82 Å². The molecule has 2 aromatic heterocycles. The molecule has 7 heteroatoms. The fourth-order valence-electron chi connectivity index (χ4n) is 1.60. The molecular formula is C13H15N3O4. The molecule has 106 valence electrons. The Hall–Kier alpha value is -2.57. The molecule has 0 aliphatic rings. The summed E-state index contributed by atoms with van der Waals surface area (Å²) in [5.74, 6) is 0.914. The van der Waals surface area contributed by atoms with E-state index in [2.05, 4.69) is 15.5 Å². The summed E-state index contributed by atoms with van der Waals surface area (Å²) in [6.45, 7) is 3.91. The number of hydrogen-bond donors (Lipinski definition) is 2. The number of H-pyrrole nitrogens is 1. The summed E-state index contributed by atoms with van der Waals surface area (Å²) in [7, 11) is 1.39. The molecule has 0 aliphatic heterocycles. The average molecular weight is 277 g/mol. The van der Waals surface area contributed by atoms with Gasteiger partial charge in [-0.2, -0.15) is 0 Å². The zero-order valence-electron chi connectivity index (χ0n) is 11.4. The number of hydrogen-bond acceptors (Lipinski definition) is 5. The normalized spacial score (nSPS) is 10.6. The predicted octanol–water partition coefficient (Wildman–Crippen LogP) is 1.75. The molecule has 20 heavy (non-hydrogen) atoms. The number of methoxy groups -OCH3 is 1. The molecule has 1 amide bonds. The molecule has 0 spiro atoms. The third kappa shape index (κ3) is 2.87. The van der Waals surface area contributed by atoms with E-state index in [0.717, 1.165) is 0 Å². The minimum absolute atomic E-state index is 0.177. The zero-order valence-corrected chi connectivity index (χ0v) is 11.4. The number of ether oxygens (including phenoxy) is 1. The van der Waals surface area contributed by atoms with Gasteiger partial charge in [0.25, 0.3) is 11.5 Å². The lowest BCUT2D eigenvalue weighted by atomic mass is 10.1. The summed E-state index contributed by atoms with van der Waals surface area (Å²) >= 11 is 0. The lowest BCUT2D eigenvalue weighted by molar-refractivity contribution is 0.102. The van der Waals surface area contributed by atoms with E-state index in [-0.39, 0.29) is 22.8 Å². The van der Waals surface area contributed by atoms with E-state index in [1.165, 1.54) is 19.4 Å². The maximum absolute atomic E-state index is 12.1. The van der Waals surface area contributed by atoms with Crippen molar-refractivity contribution < 1.29 is 14.1 Å². The summed E-state index contributed by atoms with van der Waals surface area (Å²) in [4.78, 5) is 25.7. The van der Waals surface area contributed by atoms with Crippen LogP contribution in [0, 0.1) is 0 Å². The molecule has 0 unspecified atom stereocenters. The van der Waals surface area contributed by atoms with Crippen LogP contribution in [0.4, 0.5) is 5.82 Å². The molecule has 2 N–H and O–H groups in total. The minimum Gasteiger partial charge on any atom is -0.496 e. The largest absolute Gasteiger partial charge is 0.496 e. The molecule has 2 aromatic rings. The second-order valence-corrected chi connectivity index (χ2v) is 4.50. The van der Waals surface area contributed by atoms with Gasteiger partial charge in [0, 0.05) is 24.2 Å². The van der Waals surface area contributed by atoms with Gasteiger partial charge in [0.2, 0.25) is 0 Å². The highest BCUT2D eigenvalue weighted by atomic mass is 16.5. The number of aromatic nitrogens is 2. The van der Waals surface area contributed by atoms with Crippen LogP contribution in [0.3, 0.4) is 0 Å². The van der Waals surface area contributed by atoms with Gasteiger partial charge in [0.1, 0.15) is 11.5 Å². The van der Waals surface area contributed by atoms with Crippen LogP contribution in [-0.4, -0.2) is 23.2 Å². The first-order valence-electron chi connectivity index (χ1n) is 6.06. The van der Waals surface area contributed by atoms with E-state index in [1.54, 1.807) is 6.07 Å². The quantitative estimate of drug-likeness (QED) is 0.887. The van der Waals surface area contributed by atoms with Gasteiger partial charge in [-0.25, -0.2) is 0 Å². The van der Waals surface area contributed by atoms with Gasteiger partial charge in [-0.3, -0.25) is 9.59 Å². The molecule has 0 saturated carbocycles. The van der Waals surface area contributed by atoms with E-state index in [0.29, 0.717) is 11.6 Å². The number of nitrogens with zero attached hydrogens (tertiary/aromatic N) is 1. The van der Waals surface area contributed by atoms with Crippen molar-refractivity contribution in [3.8, 4) is 5.75 Å². The number of pyridine rings is 1. The van der Waals surface area contributed by atoms with Crippen molar-refractivity contribution in [3.05, 3.63) is 40.0 Å². The van der Waals surface area contributed by atoms with Gasteiger partial charge in [-0.05, 0) is 0 Å². The first-order valence-corrected chi connectivity index (χ1v) is 6.06. The average Bonchev–Trinajstić information content (AvgIpc) is 2.87. The van der Waals surface area contributed by atoms with Crippen molar-refractivity contribution in [2.75, 3.05) is 12.4 Å². The van der Waals surface area contributed by atoms with Crippen LogP contribution in [0.1, 0.15) is 35.9 Å². The Morgan fingerprint density at radius 1 is 1.45 bits per heavy atom. The van der Waals surface area contributed by atoms with Gasteiger partial charge in [-0.15, -0.1) is 0 Å². The molecule has 0 radical (unpaired) electrons. The standard InChI is InChI=1S/C13H15N3O4/c1-7(2)9-4-11(16-20-9)15-13(18)8-6-14-12(17)5-10(8)19-3/h4-7H,1-3H3,(H,14,17)(H,15,16,18). The number of amides is 1. The smallest absolute Gasteiger partial charge is 0.262 e. The maximum atomic E-state index is 12.1. The van der Waals surface area contributed by atoms with Crippen molar-refractivity contribution in [1.29, 1.82) is 0 Å². The van der Waals surface area contributed by atoms with Crippen molar-refractivity contribution in [2.24, 2.45) is 0 Å². The van der Waals surface area contributed by atoms with Crippen molar-refractivity contribution in [1.82, 2.24) is 10.1 Å². The zero-order chi connectivity index (χ0) is 14.7. The van der Waals surface area contributed by atoms with Crippen molar-refractivity contribution in [2.45, 2.75) is 19.8 Å². The molecule has 0 atom stereocenters. The van der Waals surface area contributed by atoms with Crippen LogP contribution in [0.5, 0.6) is 5.75 Å². The van der Waals surface area contributed by atoms with Gasteiger partial charge in [0.05, 0.1) is 12.7 Å². The fraction of sp³-hybridized carbons (Fsp3) is 0.308. The minimum atomic E-state index is -0.443. The monoisotopic (exact) mass is 277 g/mol. The number of carbonyl (C=O) groups excluding carboxylic acids is 1. The molecule has 2 rings (SSSR count). The highest BCUT2D eigenvalue weighted by molar-refractivity contribution is 6.05. The highest BCUT2D eigenvalue weighted by Gasteiger charge is 2.15. The lowest BCUT2D eigenvalue weighted by Crippen LogP contribution is -2.16. The predicted molar refractivity (Wildman–Crippen MR) is 72.2 cm³/mol. The SMILES string of the molecule is COc1cc(=O)[nH]cc1C(=O)Nc1cc(C(C)C)on1. The maximum Gasteiger partial charge on any atom is 0.262 e. The number of carbonyl (C=O) groups is 1. The van der Waals surface area contributed by atoms with Crippen LogP contribution in [-0.2, 0) is 0 Å². The molecule has 0 aromatic carbocycles. The first-order chi connectivity index (χ1) is 9.51. The topological polar surface area (TPSA) is 97.2 Å². The first kappa shape index (κ1) is 13.9. The highest BCUT2D eigenvalue weighted by Crippen LogP contribution is 2.20. The lowest BCUT2D eigenvalue weighted by Gasteiger charge is -2.06. The van der Waals surface area contributed by atoms with Crippen LogP contribution >= 0.6 is 0 Å². The Kier molecular flexibility index (Phi) is 3.88. The second-order valence-electron chi connectivity index (χ2n) is 4.50. The van der Waals surface area contributed by atoms with E-state index in [4.69, 9.17) is 9.26 Å². The van der Waals surface area contributed by atoms with Gasteiger partial charge < -0.3 is 19.6 Å². The molecule has 7 nitrogen and oxygen atoms in total. The van der Waals surface area contributed by atoms with E-state index < -0.39 is 5.91 Å². The Bertz CT molecular complexity index is 672. The molecule has 0 aliphatic carbocycles. The summed E-state index contributed by atoms with van der Waals surface area (Å²) in [5, 5.41) is 6.34. The van der Waals surface area contributed by atoms with E-state index in [1.807, 2.05) is 13.8 Å². The number of nitrogens with one attached hydrogen (secondary N) is 2. The number of anilines is 1. The van der Waals surface area contributed by atoms with Crippen molar-refractivity contribution in [3.63, 3.8) is 0 Å². The van der Waals surface area contributed by atoms with Crippen molar-refractivity contribution >= 4 is 11.7 Å². The van der Waals surface area contributed by atoms with Gasteiger partial charge >= 0.3 is 0 Å². The molecule has 0 bridgehead atoms. The fourth-order valence-corrected chi connectivity index (χ4v) is 1.60. The Morgan fingerprint density at radius 3 is 2.80 bits per heavy atom. The summed E-state index contributed by atoms with van der Waals surface area (Å²) in [5.41, 5.74) is -0.136. The third-order valence-corrected chi connectivity index (χ3v) is 2.69. The van der Waals surface area contributed by atoms with E-state index in [9.17, 15) is 9.59 Å². The summed E-state index contributed by atoms with van der Waals surface area (Å²) < 4.78 is 10.1.